The van der Waals surface area contributed by atoms with Crippen LogP contribution in [-0.2, 0) is 27.9 Å². The summed E-state index contributed by atoms with van der Waals surface area (Å²) in [6.07, 6.45) is 0.979. The molecule has 1 aromatic heterocycles. The number of sulfonamides is 1. The van der Waals surface area contributed by atoms with Crippen molar-refractivity contribution >= 4 is 27.0 Å². The van der Waals surface area contributed by atoms with Crippen LogP contribution in [0.3, 0.4) is 0 Å². The van der Waals surface area contributed by atoms with E-state index in [2.05, 4.69) is 0 Å². The van der Waals surface area contributed by atoms with Crippen LogP contribution < -0.4 is 5.69 Å². The van der Waals surface area contributed by atoms with E-state index in [0.29, 0.717) is 6.54 Å². The Kier molecular flexibility index (Phi) is 6.66. The SMILES string of the molecule is CCCn1c(=O)n(CCC(=O)N2CCN(S(=O)(=O)c3cccc(F)c3)CC2)c2ccccc21. The Labute approximate surface area is 191 Å². The molecule has 0 N–H and O–H groups in total. The highest BCUT2D eigenvalue weighted by Gasteiger charge is 2.30. The Hall–Kier alpha value is -2.98. The zero-order chi connectivity index (χ0) is 23.6. The zero-order valence-electron chi connectivity index (χ0n) is 18.5. The van der Waals surface area contributed by atoms with Crippen molar-refractivity contribution in [1.29, 1.82) is 0 Å². The fourth-order valence-electron chi connectivity index (χ4n) is 4.25. The fourth-order valence-corrected chi connectivity index (χ4v) is 5.70. The highest BCUT2D eigenvalue weighted by molar-refractivity contribution is 7.89. The molecule has 0 saturated carbocycles. The largest absolute Gasteiger partial charge is 0.340 e. The van der Waals surface area contributed by atoms with E-state index >= 15 is 0 Å². The molecule has 1 saturated heterocycles. The van der Waals surface area contributed by atoms with E-state index in [4.69, 9.17) is 0 Å². The second-order valence-corrected chi connectivity index (χ2v) is 10.0. The van der Waals surface area contributed by atoms with Gasteiger partial charge in [-0.05, 0) is 36.8 Å². The molecule has 1 fully saturated rings. The van der Waals surface area contributed by atoms with Crippen LogP contribution in [0.1, 0.15) is 19.8 Å². The minimum Gasteiger partial charge on any atom is -0.340 e. The van der Waals surface area contributed by atoms with Gasteiger partial charge in [0.25, 0.3) is 0 Å². The monoisotopic (exact) mass is 474 g/mol. The van der Waals surface area contributed by atoms with Crippen LogP contribution in [0.2, 0.25) is 0 Å². The minimum atomic E-state index is -3.81. The summed E-state index contributed by atoms with van der Waals surface area (Å²) >= 11 is 0. The third kappa shape index (κ3) is 4.58. The van der Waals surface area contributed by atoms with Crippen LogP contribution >= 0.6 is 0 Å². The van der Waals surface area contributed by atoms with Gasteiger partial charge in [-0.1, -0.05) is 25.1 Å². The number of hydrogen-bond acceptors (Lipinski definition) is 4. The average molecular weight is 475 g/mol. The molecular weight excluding hydrogens is 447 g/mol. The van der Waals surface area contributed by atoms with Gasteiger partial charge in [0.05, 0.1) is 15.9 Å². The van der Waals surface area contributed by atoms with Gasteiger partial charge in [-0.25, -0.2) is 17.6 Å². The number of benzene rings is 2. The standard InChI is InChI=1S/C23H27FN4O4S/c1-2-11-27-20-8-3-4-9-21(20)28(23(27)30)12-10-22(29)25-13-15-26(16-14-25)33(31,32)19-7-5-6-18(24)17-19/h3-9,17H,2,10-16H2,1H3. The molecule has 0 radical (unpaired) electrons. The Morgan fingerprint density at radius 1 is 0.939 bits per heavy atom. The van der Waals surface area contributed by atoms with Crippen molar-refractivity contribution < 1.29 is 17.6 Å². The number of piperazine rings is 1. The molecule has 33 heavy (non-hydrogen) atoms. The molecular formula is C23H27FN4O4S. The van der Waals surface area contributed by atoms with Crippen molar-refractivity contribution in [1.82, 2.24) is 18.3 Å². The van der Waals surface area contributed by atoms with E-state index in [-0.39, 0.29) is 55.6 Å². The second-order valence-electron chi connectivity index (χ2n) is 8.07. The molecule has 0 unspecified atom stereocenters. The van der Waals surface area contributed by atoms with Crippen molar-refractivity contribution in [3.8, 4) is 0 Å². The molecule has 176 valence electrons. The first-order valence-corrected chi connectivity index (χ1v) is 12.5. The summed E-state index contributed by atoms with van der Waals surface area (Å²) in [7, 11) is -3.81. The Balaban J connectivity index is 1.41. The lowest BCUT2D eigenvalue weighted by Crippen LogP contribution is -2.50. The maximum absolute atomic E-state index is 13.5. The normalized spacial score (nSPS) is 15.3. The first kappa shape index (κ1) is 23.2. The van der Waals surface area contributed by atoms with Crippen LogP contribution in [0.4, 0.5) is 4.39 Å². The van der Waals surface area contributed by atoms with Crippen LogP contribution in [0, 0.1) is 5.82 Å². The van der Waals surface area contributed by atoms with E-state index in [9.17, 15) is 22.4 Å². The molecule has 2 heterocycles. The van der Waals surface area contributed by atoms with Gasteiger partial charge in [-0.3, -0.25) is 13.9 Å². The predicted molar refractivity (Wildman–Crippen MR) is 123 cm³/mol. The van der Waals surface area contributed by atoms with Gasteiger partial charge in [0.2, 0.25) is 15.9 Å². The molecule has 1 amide bonds. The number of nitrogens with zero attached hydrogens (tertiary/aromatic N) is 4. The van der Waals surface area contributed by atoms with Gasteiger partial charge in [0, 0.05) is 45.7 Å². The van der Waals surface area contributed by atoms with Gasteiger partial charge in [0.15, 0.2) is 0 Å². The first-order chi connectivity index (χ1) is 15.8. The minimum absolute atomic E-state index is 0.0925. The van der Waals surface area contributed by atoms with Crippen molar-refractivity contribution in [2.45, 2.75) is 37.8 Å². The van der Waals surface area contributed by atoms with E-state index < -0.39 is 15.8 Å². The number of rotatable bonds is 7. The molecule has 10 heteroatoms. The number of halogens is 1. The van der Waals surface area contributed by atoms with Crippen LogP contribution in [-0.4, -0.2) is 58.8 Å². The van der Waals surface area contributed by atoms with Gasteiger partial charge < -0.3 is 4.90 Å². The molecule has 4 rings (SSSR count). The summed E-state index contributed by atoms with van der Waals surface area (Å²) in [5.41, 5.74) is 1.53. The third-order valence-corrected chi connectivity index (χ3v) is 7.84. The molecule has 2 aromatic carbocycles. The molecule has 1 aliphatic heterocycles. The van der Waals surface area contributed by atoms with Gasteiger partial charge in [0.1, 0.15) is 5.82 Å². The summed E-state index contributed by atoms with van der Waals surface area (Å²) in [6, 6.07) is 12.5. The topological polar surface area (TPSA) is 84.6 Å². The Morgan fingerprint density at radius 3 is 2.18 bits per heavy atom. The lowest BCUT2D eigenvalue weighted by molar-refractivity contribution is -0.132. The van der Waals surface area contributed by atoms with Crippen LogP contribution in [0.15, 0.2) is 58.2 Å². The van der Waals surface area contributed by atoms with Crippen molar-refractivity contribution in [3.63, 3.8) is 0 Å². The van der Waals surface area contributed by atoms with E-state index in [1.54, 1.807) is 14.0 Å². The zero-order valence-corrected chi connectivity index (χ0v) is 19.3. The number of carbonyl (C=O) groups excluding carboxylic acids is 1. The highest BCUT2D eigenvalue weighted by atomic mass is 32.2. The van der Waals surface area contributed by atoms with Crippen LogP contribution in [0.5, 0.6) is 0 Å². The summed E-state index contributed by atoms with van der Waals surface area (Å²) in [4.78, 5) is 27.2. The van der Waals surface area contributed by atoms with Crippen molar-refractivity contribution in [3.05, 3.63) is 64.8 Å². The Morgan fingerprint density at radius 2 is 1.58 bits per heavy atom. The van der Waals surface area contributed by atoms with E-state index in [1.807, 2.05) is 31.2 Å². The fraction of sp³-hybridized carbons (Fsp3) is 0.391. The first-order valence-electron chi connectivity index (χ1n) is 11.0. The highest BCUT2D eigenvalue weighted by Crippen LogP contribution is 2.19. The van der Waals surface area contributed by atoms with Gasteiger partial charge >= 0.3 is 5.69 Å². The third-order valence-electron chi connectivity index (χ3n) is 5.95. The lowest BCUT2D eigenvalue weighted by atomic mass is 10.3. The molecule has 0 bridgehead atoms. The predicted octanol–water partition coefficient (Wildman–Crippen LogP) is 2.28. The number of hydrogen-bond donors (Lipinski definition) is 0. The van der Waals surface area contributed by atoms with Crippen molar-refractivity contribution in [2.24, 2.45) is 0 Å². The number of imidazole rings is 1. The molecule has 0 atom stereocenters. The number of carbonyl (C=O) groups is 1. The number of fused-ring (bicyclic) bond motifs is 1. The quantitative estimate of drug-likeness (QED) is 0.526. The maximum atomic E-state index is 13.5. The lowest BCUT2D eigenvalue weighted by Gasteiger charge is -2.34. The number of aromatic nitrogens is 2. The summed E-state index contributed by atoms with van der Waals surface area (Å²) < 4.78 is 43.6. The number of para-hydroxylation sites is 2. The smallest absolute Gasteiger partial charge is 0.329 e. The van der Waals surface area contributed by atoms with Crippen LogP contribution in [0.25, 0.3) is 11.0 Å². The van der Waals surface area contributed by atoms with Crippen molar-refractivity contribution in [2.75, 3.05) is 26.2 Å². The molecule has 8 nitrogen and oxygen atoms in total. The van der Waals surface area contributed by atoms with Gasteiger partial charge in [-0.15, -0.1) is 0 Å². The number of aryl methyl sites for hydroxylation is 2. The molecule has 0 aliphatic carbocycles. The van der Waals surface area contributed by atoms with E-state index in [1.165, 1.54) is 22.5 Å². The maximum Gasteiger partial charge on any atom is 0.329 e. The number of amides is 1. The van der Waals surface area contributed by atoms with E-state index in [0.717, 1.165) is 23.5 Å². The average Bonchev–Trinajstić information content (AvgIpc) is 3.08. The summed E-state index contributed by atoms with van der Waals surface area (Å²) in [6.45, 7) is 3.66. The second kappa shape index (κ2) is 9.48. The molecule has 0 spiro atoms. The molecule has 1 aliphatic rings. The Bertz CT molecular complexity index is 1320. The van der Waals surface area contributed by atoms with Gasteiger partial charge in [-0.2, -0.15) is 4.31 Å². The summed E-state index contributed by atoms with van der Waals surface area (Å²) in [5.74, 6) is -0.738. The molecule has 3 aromatic rings. The summed E-state index contributed by atoms with van der Waals surface area (Å²) in [5, 5.41) is 0.